The first-order chi connectivity index (χ1) is 29.8. The van der Waals surface area contributed by atoms with E-state index in [1.165, 1.54) is 0 Å². The Bertz CT molecular complexity index is 1820. The molecule has 13 nitrogen and oxygen atoms in total. The van der Waals surface area contributed by atoms with Gasteiger partial charge in [0.2, 0.25) is 0 Å². The fourth-order valence-electron chi connectivity index (χ4n) is 13.6. The molecule has 352 valence electrons. The number of hydrogen-bond acceptors (Lipinski definition) is 13. The van der Waals surface area contributed by atoms with E-state index in [4.69, 9.17) is 47.4 Å². The molecular weight excluding hydrogens is 809 g/mol. The van der Waals surface area contributed by atoms with Crippen molar-refractivity contribution >= 4 is 6.29 Å². The van der Waals surface area contributed by atoms with E-state index in [1.54, 1.807) is 0 Å². The Morgan fingerprint density at radius 2 is 1.48 bits per heavy atom. The standard InChI is InChI=1S/C50H74O13/c1-10-27(3)44-30(52)19-39-48(7,62-44)23-37-33(57-39)17-28(4)45-32(56-37)13-15-47(6)40(59-45)22-41-49(8,63-47)24-43-46(5,61-41)14-11-12-31-34(58-43)20-36-35(55-31)21-42-50(9,60-36)38(53)18-29(54-42)16-26(2)25-51/h10-12,25,28-45,52-53H,2,13-24H2,1,3-9H3/b12-11-,27-10-/t28-,29-,30?,31?,32?,33?,34?,35?,36?,37?,38+,39?,40?,41?,42?,43?,44?,45?,46+,47-,48+,49+,50+/m1/s1. The number of ether oxygens (including phenoxy) is 10. The molecule has 10 aliphatic heterocycles. The number of rotatable bonds is 4. The summed E-state index contributed by atoms with van der Waals surface area (Å²) in [4.78, 5) is 11.3. The largest absolute Gasteiger partial charge is 0.390 e. The molecular formula is C50H74O13. The third-order valence-corrected chi connectivity index (χ3v) is 17.6. The van der Waals surface area contributed by atoms with Crippen LogP contribution in [0.1, 0.15) is 132 Å². The summed E-state index contributed by atoms with van der Waals surface area (Å²) in [6.45, 7) is 20.8. The van der Waals surface area contributed by atoms with E-state index in [9.17, 15) is 15.0 Å². The molecule has 10 rings (SSSR count). The molecule has 0 aromatic carbocycles. The lowest BCUT2D eigenvalue weighted by Crippen LogP contribution is -2.70. The second kappa shape index (κ2) is 16.3. The molecule has 63 heavy (non-hydrogen) atoms. The topological polar surface area (TPSA) is 150 Å². The van der Waals surface area contributed by atoms with Crippen molar-refractivity contribution in [3.8, 4) is 0 Å². The molecule has 9 saturated heterocycles. The zero-order valence-corrected chi connectivity index (χ0v) is 38.8. The molecule has 10 aliphatic rings. The summed E-state index contributed by atoms with van der Waals surface area (Å²) >= 11 is 0. The van der Waals surface area contributed by atoms with Gasteiger partial charge in [-0.15, -0.1) is 0 Å². The van der Waals surface area contributed by atoms with Gasteiger partial charge in [-0.25, -0.2) is 0 Å². The third kappa shape index (κ3) is 7.81. The molecule has 0 aromatic rings. The van der Waals surface area contributed by atoms with E-state index in [1.807, 2.05) is 26.8 Å². The summed E-state index contributed by atoms with van der Waals surface area (Å²) in [5.41, 5.74) is -1.78. The van der Waals surface area contributed by atoms with Crippen LogP contribution in [0.3, 0.4) is 0 Å². The molecule has 15 unspecified atom stereocenters. The van der Waals surface area contributed by atoms with Gasteiger partial charge in [0, 0.05) is 51.4 Å². The Balaban J connectivity index is 0.828. The minimum Gasteiger partial charge on any atom is -0.390 e. The molecule has 10 heterocycles. The maximum Gasteiger partial charge on any atom is 0.145 e. The summed E-state index contributed by atoms with van der Waals surface area (Å²) in [5, 5.41) is 22.5. The molecule has 0 saturated carbocycles. The molecule has 0 spiro atoms. The number of fused-ring (bicyclic) bond motifs is 9. The first-order valence-electron chi connectivity index (χ1n) is 24.3. The van der Waals surface area contributed by atoms with Crippen molar-refractivity contribution in [2.45, 2.75) is 264 Å². The number of aliphatic hydroxyl groups excluding tert-OH is 2. The number of aldehydes is 1. The van der Waals surface area contributed by atoms with Crippen LogP contribution in [-0.4, -0.2) is 148 Å². The van der Waals surface area contributed by atoms with E-state index >= 15 is 0 Å². The zero-order chi connectivity index (χ0) is 44.4. The molecule has 2 N–H and O–H groups in total. The van der Waals surface area contributed by atoms with Gasteiger partial charge < -0.3 is 57.6 Å². The normalized spacial score (nSPS) is 57.1. The van der Waals surface area contributed by atoms with E-state index in [2.05, 4.69) is 53.3 Å². The number of hydrogen-bond donors (Lipinski definition) is 2. The number of allylic oxidation sites excluding steroid dienone is 1. The first-order valence-corrected chi connectivity index (χ1v) is 24.3. The predicted molar refractivity (Wildman–Crippen MR) is 230 cm³/mol. The van der Waals surface area contributed by atoms with Crippen LogP contribution < -0.4 is 0 Å². The van der Waals surface area contributed by atoms with E-state index in [-0.39, 0.29) is 97.5 Å². The van der Waals surface area contributed by atoms with Crippen molar-refractivity contribution < 1.29 is 62.4 Å². The van der Waals surface area contributed by atoms with Crippen molar-refractivity contribution in [1.29, 1.82) is 0 Å². The summed E-state index contributed by atoms with van der Waals surface area (Å²) in [7, 11) is 0. The molecule has 13 heteroatoms. The van der Waals surface area contributed by atoms with Gasteiger partial charge in [-0.3, -0.25) is 4.79 Å². The first kappa shape index (κ1) is 45.2. The molecule has 9 fully saturated rings. The van der Waals surface area contributed by atoms with Gasteiger partial charge >= 0.3 is 0 Å². The summed E-state index contributed by atoms with van der Waals surface area (Å²) < 4.78 is 69.7. The Labute approximate surface area is 373 Å². The highest BCUT2D eigenvalue weighted by atomic mass is 16.6. The number of aliphatic hydroxyl groups is 2. The van der Waals surface area contributed by atoms with Crippen LogP contribution in [0.5, 0.6) is 0 Å². The molecule has 0 bridgehead atoms. The number of carbonyl (C=O) groups is 1. The Morgan fingerprint density at radius 1 is 0.714 bits per heavy atom. The highest BCUT2D eigenvalue weighted by Gasteiger charge is 2.64. The van der Waals surface area contributed by atoms with Crippen LogP contribution in [0.15, 0.2) is 36.0 Å². The second-order valence-corrected chi connectivity index (χ2v) is 22.4. The Hall–Kier alpha value is -1.59. The smallest absolute Gasteiger partial charge is 0.145 e. The summed E-state index contributed by atoms with van der Waals surface area (Å²) in [6, 6.07) is 0. The van der Waals surface area contributed by atoms with Crippen molar-refractivity contribution in [2.24, 2.45) is 5.92 Å². The van der Waals surface area contributed by atoms with Gasteiger partial charge in [-0.05, 0) is 91.2 Å². The molecule has 23 atom stereocenters. The van der Waals surface area contributed by atoms with Gasteiger partial charge in [0.1, 0.15) is 24.1 Å². The van der Waals surface area contributed by atoms with Gasteiger partial charge in [0.15, 0.2) is 0 Å². The summed E-state index contributed by atoms with van der Waals surface area (Å²) in [5.74, 6) is 0.183. The van der Waals surface area contributed by atoms with Crippen LogP contribution in [0.25, 0.3) is 0 Å². The van der Waals surface area contributed by atoms with Crippen molar-refractivity contribution in [1.82, 2.24) is 0 Å². The van der Waals surface area contributed by atoms with Crippen LogP contribution in [0, 0.1) is 5.92 Å². The highest BCUT2D eigenvalue weighted by molar-refractivity contribution is 5.72. The van der Waals surface area contributed by atoms with Crippen LogP contribution in [-0.2, 0) is 52.2 Å². The fourth-order valence-corrected chi connectivity index (χ4v) is 13.6. The van der Waals surface area contributed by atoms with Gasteiger partial charge in [0.25, 0.3) is 0 Å². The van der Waals surface area contributed by atoms with Crippen molar-refractivity contribution in [2.75, 3.05) is 0 Å². The zero-order valence-electron chi connectivity index (χ0n) is 38.8. The lowest BCUT2D eigenvalue weighted by Gasteiger charge is -2.60. The highest BCUT2D eigenvalue weighted by Crippen LogP contribution is 2.55. The minimum absolute atomic E-state index is 0.0986. The molecule has 0 aromatic heterocycles. The lowest BCUT2D eigenvalue weighted by molar-refractivity contribution is -0.356. The van der Waals surface area contributed by atoms with Gasteiger partial charge in [0.05, 0.1) is 114 Å². The van der Waals surface area contributed by atoms with Crippen molar-refractivity contribution in [3.05, 3.63) is 36.0 Å². The Morgan fingerprint density at radius 3 is 2.25 bits per heavy atom. The average molecular weight is 883 g/mol. The van der Waals surface area contributed by atoms with Crippen LogP contribution in [0.2, 0.25) is 0 Å². The fraction of sp³-hybridized carbons (Fsp3) is 0.860. The van der Waals surface area contributed by atoms with Gasteiger partial charge in [-0.1, -0.05) is 31.7 Å². The van der Waals surface area contributed by atoms with E-state index in [0.717, 1.165) is 31.1 Å². The third-order valence-electron chi connectivity index (χ3n) is 17.6. The monoisotopic (exact) mass is 883 g/mol. The van der Waals surface area contributed by atoms with Gasteiger partial charge in [-0.2, -0.15) is 0 Å². The molecule has 0 aliphatic carbocycles. The molecule has 0 amide bonds. The van der Waals surface area contributed by atoms with Crippen molar-refractivity contribution in [3.63, 3.8) is 0 Å². The van der Waals surface area contributed by atoms with E-state index in [0.29, 0.717) is 63.4 Å². The lowest BCUT2D eigenvalue weighted by atomic mass is 9.72. The quantitative estimate of drug-likeness (QED) is 0.196. The van der Waals surface area contributed by atoms with Crippen LogP contribution in [0.4, 0.5) is 0 Å². The molecule has 0 radical (unpaired) electrons. The predicted octanol–water partition coefficient (Wildman–Crippen LogP) is 5.93. The number of carbonyl (C=O) groups excluding carboxylic acids is 1. The maximum absolute atomic E-state index is 11.4. The summed E-state index contributed by atoms with van der Waals surface area (Å²) in [6.07, 6.45) is 9.87. The minimum atomic E-state index is -0.907. The van der Waals surface area contributed by atoms with Crippen LogP contribution >= 0.6 is 0 Å². The second-order valence-electron chi connectivity index (χ2n) is 22.4. The van der Waals surface area contributed by atoms with E-state index < -0.39 is 40.2 Å². The average Bonchev–Trinajstić information content (AvgIpc) is 3.43. The SMILES string of the molecule is C=C(C=O)C[C@@H]1C[C@H](O)[C@]2(C)OC3CC4OC5C[C@]6(C)O[C@]7(C)CCC8OC9C[C@]%10(C)OC(/C(C)=C\C)C(O)CC%10OC9C[C@@H](C)C8OC7CC6O[C@@]5(C)C/C=C\C4OC3CC2O1. The maximum atomic E-state index is 11.4. The Kier molecular flexibility index (Phi) is 11.7.